The van der Waals surface area contributed by atoms with Crippen LogP contribution >= 0.6 is 0 Å². The second kappa shape index (κ2) is 13.6. The lowest BCUT2D eigenvalue weighted by Gasteiger charge is -2.28. The van der Waals surface area contributed by atoms with E-state index in [9.17, 15) is 0 Å². The van der Waals surface area contributed by atoms with Crippen molar-refractivity contribution < 1.29 is 4.42 Å². The molecular weight excluding hydrogens is 681 g/mol. The van der Waals surface area contributed by atoms with Gasteiger partial charge in [0.1, 0.15) is 11.3 Å². The van der Waals surface area contributed by atoms with E-state index in [1.54, 1.807) is 0 Å². The van der Waals surface area contributed by atoms with Crippen molar-refractivity contribution in [3.8, 4) is 33.6 Å². The molecule has 1 aliphatic carbocycles. The number of rotatable bonds is 8. The zero-order valence-electron chi connectivity index (χ0n) is 31.4. The molecule has 8 aromatic carbocycles. The smallest absolute Gasteiger partial charge is 0.139 e. The maximum Gasteiger partial charge on any atom is 0.139 e. The number of furan rings is 1. The van der Waals surface area contributed by atoms with Gasteiger partial charge in [-0.15, -0.1) is 0 Å². The zero-order valence-corrected chi connectivity index (χ0v) is 31.4. The number of nitrogens with zero attached hydrogens (tertiary/aromatic N) is 2. The Morgan fingerprint density at radius 1 is 0.375 bits per heavy atom. The van der Waals surface area contributed by atoms with E-state index in [4.69, 9.17) is 4.42 Å². The topological polar surface area (TPSA) is 19.6 Å². The fraction of sp³-hybridized carbons (Fsp3) is 0.0566. The van der Waals surface area contributed by atoms with Crippen LogP contribution in [-0.2, 0) is 5.41 Å². The lowest BCUT2D eigenvalue weighted by molar-refractivity contribution is 0.619. The molecule has 0 radical (unpaired) electrons. The normalized spacial score (nSPS) is 12.6. The summed E-state index contributed by atoms with van der Waals surface area (Å²) in [6.07, 6.45) is 0. The molecule has 0 bridgehead atoms. The van der Waals surface area contributed by atoms with Crippen LogP contribution < -0.4 is 9.80 Å². The minimum absolute atomic E-state index is 0.201. The van der Waals surface area contributed by atoms with Crippen molar-refractivity contribution in [2.24, 2.45) is 0 Å². The van der Waals surface area contributed by atoms with E-state index in [0.717, 1.165) is 45.5 Å². The zero-order chi connectivity index (χ0) is 37.6. The van der Waals surface area contributed by atoms with E-state index in [1.165, 1.54) is 44.3 Å². The predicted octanol–water partition coefficient (Wildman–Crippen LogP) is 15.0. The van der Waals surface area contributed by atoms with Gasteiger partial charge >= 0.3 is 0 Å². The molecule has 56 heavy (non-hydrogen) atoms. The molecule has 0 aliphatic heterocycles. The van der Waals surface area contributed by atoms with Crippen LogP contribution in [0.1, 0.15) is 25.0 Å². The fourth-order valence-electron chi connectivity index (χ4n) is 8.46. The number of hydrogen-bond acceptors (Lipinski definition) is 3. The molecule has 1 aliphatic rings. The van der Waals surface area contributed by atoms with Crippen LogP contribution in [0.3, 0.4) is 0 Å². The van der Waals surface area contributed by atoms with E-state index in [2.05, 4.69) is 224 Å². The molecule has 268 valence electrons. The van der Waals surface area contributed by atoms with Gasteiger partial charge in [0.05, 0.1) is 0 Å². The van der Waals surface area contributed by atoms with Gasteiger partial charge in [-0.2, -0.15) is 0 Å². The van der Waals surface area contributed by atoms with Crippen molar-refractivity contribution in [2.45, 2.75) is 19.3 Å². The first-order chi connectivity index (χ1) is 27.5. The van der Waals surface area contributed by atoms with E-state index in [0.29, 0.717) is 0 Å². The highest BCUT2D eigenvalue weighted by atomic mass is 16.3. The molecule has 0 N–H and O–H groups in total. The molecule has 0 saturated carbocycles. The Bertz CT molecular complexity index is 2790. The predicted molar refractivity (Wildman–Crippen MR) is 234 cm³/mol. The van der Waals surface area contributed by atoms with Crippen LogP contribution in [0.15, 0.2) is 211 Å². The summed E-state index contributed by atoms with van der Waals surface area (Å²) in [7, 11) is 0. The molecule has 0 saturated heterocycles. The Hall–Kier alpha value is -7.10. The molecule has 3 heteroatoms. The quantitative estimate of drug-likeness (QED) is 0.156. The highest BCUT2D eigenvalue weighted by molar-refractivity contribution is 5.95. The van der Waals surface area contributed by atoms with Crippen LogP contribution in [0, 0.1) is 0 Å². The summed E-state index contributed by atoms with van der Waals surface area (Å²) in [5.41, 5.74) is 15.9. The van der Waals surface area contributed by atoms with Crippen molar-refractivity contribution in [2.75, 3.05) is 9.80 Å². The maximum absolute atomic E-state index is 6.47. The minimum atomic E-state index is -0.201. The summed E-state index contributed by atoms with van der Waals surface area (Å²) in [4.78, 5) is 4.66. The average molecular weight is 721 g/mol. The molecule has 1 aromatic heterocycles. The SMILES string of the molecule is CC1(C)c2cc(N(c3ccccc3)c3ccc(-c4ccc(N(c5ccccc5)c5ccc(-c6ccccc6)cc5)cc4)cc3)ccc2-c2oc3ccccc3c21. The maximum atomic E-state index is 6.47. The molecule has 3 nitrogen and oxygen atoms in total. The highest BCUT2D eigenvalue weighted by Gasteiger charge is 2.40. The number of benzene rings is 8. The fourth-order valence-corrected chi connectivity index (χ4v) is 8.46. The van der Waals surface area contributed by atoms with Crippen molar-refractivity contribution in [1.82, 2.24) is 0 Å². The van der Waals surface area contributed by atoms with Crippen molar-refractivity contribution >= 4 is 45.1 Å². The first-order valence-corrected chi connectivity index (χ1v) is 19.3. The molecule has 1 heterocycles. The number of para-hydroxylation sites is 3. The van der Waals surface area contributed by atoms with E-state index in [1.807, 2.05) is 6.07 Å². The van der Waals surface area contributed by atoms with Gasteiger partial charge in [-0.25, -0.2) is 0 Å². The Labute approximate surface area is 328 Å². The Balaban J connectivity index is 0.967. The molecular formula is C53H40N2O. The third kappa shape index (κ3) is 5.77. The van der Waals surface area contributed by atoms with Crippen molar-refractivity contribution in [3.05, 3.63) is 217 Å². The second-order valence-corrected chi connectivity index (χ2v) is 15.0. The van der Waals surface area contributed by atoms with Gasteiger partial charge in [0.25, 0.3) is 0 Å². The molecule has 0 unspecified atom stereocenters. The lowest BCUT2D eigenvalue weighted by Crippen LogP contribution is -2.16. The Morgan fingerprint density at radius 3 is 1.29 bits per heavy atom. The number of fused-ring (bicyclic) bond motifs is 5. The molecule has 0 spiro atoms. The van der Waals surface area contributed by atoms with Crippen molar-refractivity contribution in [3.63, 3.8) is 0 Å². The Morgan fingerprint density at radius 2 is 0.768 bits per heavy atom. The van der Waals surface area contributed by atoms with Crippen LogP contribution in [0.25, 0.3) is 44.5 Å². The van der Waals surface area contributed by atoms with Gasteiger partial charge in [0.15, 0.2) is 0 Å². The van der Waals surface area contributed by atoms with Gasteiger partial charge in [-0.3, -0.25) is 0 Å². The van der Waals surface area contributed by atoms with Gasteiger partial charge in [0, 0.05) is 56.1 Å². The van der Waals surface area contributed by atoms with Crippen LogP contribution in [-0.4, -0.2) is 0 Å². The molecule has 9 aromatic rings. The minimum Gasteiger partial charge on any atom is -0.456 e. The van der Waals surface area contributed by atoms with E-state index >= 15 is 0 Å². The van der Waals surface area contributed by atoms with E-state index < -0.39 is 0 Å². The van der Waals surface area contributed by atoms with Crippen molar-refractivity contribution in [1.29, 1.82) is 0 Å². The van der Waals surface area contributed by atoms with Crippen LogP contribution in [0.2, 0.25) is 0 Å². The first-order valence-electron chi connectivity index (χ1n) is 19.3. The molecule has 0 amide bonds. The third-order valence-corrected chi connectivity index (χ3v) is 11.2. The standard InChI is InChI=1S/C53H40N2O/c1-53(2)49-36-46(34-35-47(49)52-51(53)48-20-12-13-21-50(48)56-52)55(42-18-10-5-11-19-42)45-32-26-40(27-33-45)39-24-30-44(31-25-39)54(41-16-8-4-9-17-41)43-28-22-38(23-29-43)37-14-6-3-7-15-37/h3-36H,1-2H3. The third-order valence-electron chi connectivity index (χ3n) is 11.2. The number of anilines is 6. The summed E-state index contributed by atoms with van der Waals surface area (Å²) in [6, 6.07) is 73.6. The highest BCUT2D eigenvalue weighted by Crippen LogP contribution is 2.54. The number of hydrogen-bond donors (Lipinski definition) is 0. The first kappa shape index (κ1) is 33.5. The summed E-state index contributed by atoms with van der Waals surface area (Å²) in [5, 5.41) is 1.19. The molecule has 0 atom stereocenters. The summed E-state index contributed by atoms with van der Waals surface area (Å²) >= 11 is 0. The van der Waals surface area contributed by atoms with Gasteiger partial charge in [-0.1, -0.05) is 135 Å². The summed E-state index contributed by atoms with van der Waals surface area (Å²) in [5.74, 6) is 0.993. The summed E-state index contributed by atoms with van der Waals surface area (Å²) < 4.78 is 6.47. The van der Waals surface area contributed by atoms with Gasteiger partial charge in [0.2, 0.25) is 0 Å². The largest absolute Gasteiger partial charge is 0.456 e. The monoisotopic (exact) mass is 720 g/mol. The molecule has 0 fully saturated rings. The second-order valence-electron chi connectivity index (χ2n) is 15.0. The average Bonchev–Trinajstić information content (AvgIpc) is 3.76. The van der Waals surface area contributed by atoms with Crippen LogP contribution in [0.4, 0.5) is 34.1 Å². The Kier molecular flexibility index (Phi) is 8.15. The van der Waals surface area contributed by atoms with Gasteiger partial charge in [-0.05, 0) is 113 Å². The van der Waals surface area contributed by atoms with Gasteiger partial charge < -0.3 is 14.2 Å². The summed E-state index contributed by atoms with van der Waals surface area (Å²) in [6.45, 7) is 4.63. The molecule has 10 rings (SSSR count). The van der Waals surface area contributed by atoms with Crippen LogP contribution in [0.5, 0.6) is 0 Å². The van der Waals surface area contributed by atoms with E-state index in [-0.39, 0.29) is 5.41 Å². The lowest BCUT2D eigenvalue weighted by atomic mass is 9.81.